The van der Waals surface area contributed by atoms with Crippen molar-refractivity contribution in [3.63, 3.8) is 0 Å². The summed E-state index contributed by atoms with van der Waals surface area (Å²) in [7, 11) is -3.67. The Labute approximate surface area is 149 Å². The van der Waals surface area contributed by atoms with E-state index in [9.17, 15) is 8.42 Å². The fraction of sp³-hybridized carbons (Fsp3) is 0.250. The molecule has 4 rings (SSSR count). The monoisotopic (exact) mass is 379 g/mol. The molecule has 0 saturated carbocycles. The van der Waals surface area contributed by atoms with Gasteiger partial charge in [-0.3, -0.25) is 0 Å². The lowest BCUT2D eigenvalue weighted by Crippen LogP contribution is -2.31. The number of hydrogen-bond acceptors (Lipinski definition) is 5. The van der Waals surface area contributed by atoms with Crippen LogP contribution in [0.1, 0.15) is 24.4 Å². The van der Waals surface area contributed by atoms with Crippen molar-refractivity contribution in [2.45, 2.75) is 23.8 Å². The van der Waals surface area contributed by atoms with Gasteiger partial charge in [-0.2, -0.15) is 13.1 Å². The molecule has 0 spiro atoms. The summed E-state index contributed by atoms with van der Waals surface area (Å²) in [6.07, 6.45) is 1.56. The van der Waals surface area contributed by atoms with E-state index in [1.807, 2.05) is 18.2 Å². The molecule has 24 heavy (non-hydrogen) atoms. The molecule has 1 saturated heterocycles. The highest BCUT2D eigenvalue weighted by Gasteiger charge is 2.38. The van der Waals surface area contributed by atoms with Crippen molar-refractivity contribution in [3.05, 3.63) is 53.1 Å². The zero-order valence-electron chi connectivity index (χ0n) is 12.6. The van der Waals surface area contributed by atoms with Crippen molar-refractivity contribution >= 4 is 44.4 Å². The summed E-state index contributed by atoms with van der Waals surface area (Å²) in [6, 6.07) is 12.3. The van der Waals surface area contributed by atoms with Gasteiger partial charge in [-0.15, -0.1) is 0 Å². The maximum Gasteiger partial charge on any atom is 0.245 e. The fourth-order valence-corrected chi connectivity index (χ4v) is 5.89. The summed E-state index contributed by atoms with van der Waals surface area (Å²) < 4.78 is 36.4. The van der Waals surface area contributed by atoms with Crippen LogP contribution in [0.3, 0.4) is 0 Å². The predicted molar refractivity (Wildman–Crippen MR) is 94.7 cm³/mol. The second-order valence-electron chi connectivity index (χ2n) is 5.68. The SMILES string of the molecule is O=S(=O)(c1cccc2nsnc12)N1CCCC1c1ccccc1Cl. The minimum Gasteiger partial charge on any atom is -0.207 e. The van der Waals surface area contributed by atoms with Gasteiger partial charge < -0.3 is 0 Å². The first-order valence-corrected chi connectivity index (χ1v) is 10.1. The first-order chi connectivity index (χ1) is 11.6. The summed E-state index contributed by atoms with van der Waals surface area (Å²) >= 11 is 7.32. The Hall–Kier alpha value is -1.54. The van der Waals surface area contributed by atoms with Crippen molar-refractivity contribution in [2.24, 2.45) is 0 Å². The Bertz CT molecular complexity index is 1000. The van der Waals surface area contributed by atoms with Gasteiger partial charge in [0.15, 0.2) is 0 Å². The molecule has 8 heteroatoms. The lowest BCUT2D eigenvalue weighted by atomic mass is 10.1. The largest absolute Gasteiger partial charge is 0.245 e. The van der Waals surface area contributed by atoms with Crippen LogP contribution in [0.15, 0.2) is 47.4 Å². The summed E-state index contributed by atoms with van der Waals surface area (Å²) in [5.74, 6) is 0. The average Bonchev–Trinajstić information content (AvgIpc) is 3.24. The van der Waals surface area contributed by atoms with E-state index in [1.165, 1.54) is 0 Å². The van der Waals surface area contributed by atoms with Gasteiger partial charge in [0.1, 0.15) is 15.9 Å². The van der Waals surface area contributed by atoms with Gasteiger partial charge in [0, 0.05) is 11.6 Å². The van der Waals surface area contributed by atoms with E-state index in [4.69, 9.17) is 11.6 Å². The molecule has 2 aromatic carbocycles. The van der Waals surface area contributed by atoms with Crippen molar-refractivity contribution in [1.82, 2.24) is 13.1 Å². The van der Waals surface area contributed by atoms with E-state index in [0.29, 0.717) is 22.6 Å². The molecule has 5 nitrogen and oxygen atoms in total. The van der Waals surface area contributed by atoms with Crippen LogP contribution in [-0.2, 0) is 10.0 Å². The third kappa shape index (κ3) is 2.52. The Morgan fingerprint density at radius 1 is 1.12 bits per heavy atom. The number of hydrogen-bond donors (Lipinski definition) is 0. The Morgan fingerprint density at radius 2 is 1.96 bits per heavy atom. The molecule has 2 heterocycles. The topological polar surface area (TPSA) is 63.2 Å². The van der Waals surface area contributed by atoms with E-state index in [2.05, 4.69) is 8.75 Å². The summed E-state index contributed by atoms with van der Waals surface area (Å²) in [5, 5.41) is 0.595. The van der Waals surface area contributed by atoms with Gasteiger partial charge in [-0.05, 0) is 36.6 Å². The second kappa shape index (κ2) is 6.07. The van der Waals surface area contributed by atoms with Gasteiger partial charge in [0.05, 0.1) is 17.8 Å². The van der Waals surface area contributed by atoms with Crippen LogP contribution < -0.4 is 0 Å². The zero-order valence-corrected chi connectivity index (χ0v) is 15.0. The lowest BCUT2D eigenvalue weighted by Gasteiger charge is -2.25. The lowest BCUT2D eigenvalue weighted by molar-refractivity contribution is 0.397. The molecule has 1 fully saturated rings. The first kappa shape index (κ1) is 16.0. The van der Waals surface area contributed by atoms with Gasteiger partial charge in [-0.1, -0.05) is 35.9 Å². The van der Waals surface area contributed by atoms with E-state index in [-0.39, 0.29) is 10.9 Å². The van der Waals surface area contributed by atoms with Crippen LogP contribution in [0.25, 0.3) is 11.0 Å². The molecule has 0 amide bonds. The molecule has 0 radical (unpaired) electrons. The third-order valence-electron chi connectivity index (χ3n) is 4.30. The van der Waals surface area contributed by atoms with Crippen molar-refractivity contribution in [1.29, 1.82) is 0 Å². The quantitative estimate of drug-likeness (QED) is 0.693. The van der Waals surface area contributed by atoms with Gasteiger partial charge >= 0.3 is 0 Å². The Kier molecular flexibility index (Phi) is 4.04. The number of halogens is 1. The van der Waals surface area contributed by atoms with E-state index in [0.717, 1.165) is 30.1 Å². The van der Waals surface area contributed by atoms with Crippen LogP contribution in [-0.4, -0.2) is 28.0 Å². The highest BCUT2D eigenvalue weighted by atomic mass is 35.5. The van der Waals surface area contributed by atoms with Crippen LogP contribution >= 0.6 is 23.3 Å². The van der Waals surface area contributed by atoms with Gasteiger partial charge in [0.25, 0.3) is 0 Å². The Balaban J connectivity index is 1.82. The summed E-state index contributed by atoms with van der Waals surface area (Å²) in [5.41, 5.74) is 1.89. The van der Waals surface area contributed by atoms with Crippen LogP contribution in [0.2, 0.25) is 5.02 Å². The minimum absolute atomic E-state index is 0.215. The fourth-order valence-electron chi connectivity index (χ4n) is 3.20. The number of fused-ring (bicyclic) bond motifs is 1. The predicted octanol–water partition coefficient (Wildman–Crippen LogP) is 3.87. The normalized spacial score (nSPS) is 19.1. The smallest absolute Gasteiger partial charge is 0.207 e. The molecule has 1 aromatic heterocycles. The average molecular weight is 380 g/mol. The molecule has 3 aromatic rings. The zero-order chi connectivity index (χ0) is 16.7. The number of benzene rings is 2. The molecule has 0 aliphatic carbocycles. The van der Waals surface area contributed by atoms with Gasteiger partial charge in [0.2, 0.25) is 10.0 Å². The highest BCUT2D eigenvalue weighted by Crippen LogP contribution is 2.40. The molecular weight excluding hydrogens is 366 g/mol. The highest BCUT2D eigenvalue weighted by molar-refractivity contribution is 7.89. The maximum atomic E-state index is 13.3. The molecule has 1 unspecified atom stereocenters. The second-order valence-corrected chi connectivity index (χ2v) is 8.48. The third-order valence-corrected chi connectivity index (χ3v) is 7.13. The number of rotatable bonds is 3. The molecule has 1 aliphatic heterocycles. The van der Waals surface area contributed by atoms with Crippen molar-refractivity contribution in [3.8, 4) is 0 Å². The van der Waals surface area contributed by atoms with Crippen LogP contribution in [0.4, 0.5) is 0 Å². The molecule has 1 aliphatic rings. The first-order valence-electron chi connectivity index (χ1n) is 7.56. The standard InChI is InChI=1S/C16H14ClN3O2S2/c17-12-6-2-1-5-11(12)14-8-4-10-20(14)24(21,22)15-9-3-7-13-16(15)19-23-18-13/h1-3,5-7,9,14H,4,8,10H2. The molecule has 124 valence electrons. The molecular formula is C16H14ClN3O2S2. The molecule has 0 bridgehead atoms. The van der Waals surface area contributed by atoms with Crippen LogP contribution in [0.5, 0.6) is 0 Å². The Morgan fingerprint density at radius 3 is 2.79 bits per heavy atom. The van der Waals surface area contributed by atoms with Crippen LogP contribution in [0, 0.1) is 0 Å². The molecule has 0 N–H and O–H groups in total. The van der Waals surface area contributed by atoms with Gasteiger partial charge in [-0.25, -0.2) is 8.42 Å². The molecule has 1 atom stereocenters. The van der Waals surface area contributed by atoms with Crippen molar-refractivity contribution in [2.75, 3.05) is 6.54 Å². The van der Waals surface area contributed by atoms with E-state index in [1.54, 1.807) is 28.6 Å². The number of aromatic nitrogens is 2. The van der Waals surface area contributed by atoms with E-state index >= 15 is 0 Å². The summed E-state index contributed by atoms with van der Waals surface area (Å²) in [6.45, 7) is 0.478. The number of nitrogens with zero attached hydrogens (tertiary/aromatic N) is 3. The minimum atomic E-state index is -3.67. The number of sulfonamides is 1. The van der Waals surface area contributed by atoms with E-state index < -0.39 is 10.0 Å². The van der Waals surface area contributed by atoms with Crippen molar-refractivity contribution < 1.29 is 8.42 Å². The maximum absolute atomic E-state index is 13.3. The summed E-state index contributed by atoms with van der Waals surface area (Å²) in [4.78, 5) is 0.215.